The summed E-state index contributed by atoms with van der Waals surface area (Å²) in [5.74, 6) is 0.455. The number of carbonyl (C=O) groups is 1. The number of aromatic nitrogens is 1. The van der Waals surface area contributed by atoms with Crippen LogP contribution < -0.4 is 10.6 Å². The van der Waals surface area contributed by atoms with E-state index in [9.17, 15) is 4.79 Å². The van der Waals surface area contributed by atoms with Crippen molar-refractivity contribution in [1.82, 2.24) is 15.6 Å². The molecule has 0 saturated carbocycles. The summed E-state index contributed by atoms with van der Waals surface area (Å²) in [7, 11) is 0. The minimum absolute atomic E-state index is 0.0421. The predicted molar refractivity (Wildman–Crippen MR) is 61.8 cm³/mol. The van der Waals surface area contributed by atoms with Crippen molar-refractivity contribution in [2.75, 3.05) is 13.1 Å². The van der Waals surface area contributed by atoms with Crippen LogP contribution in [-0.4, -0.2) is 30.0 Å². The fourth-order valence-electron chi connectivity index (χ4n) is 1.85. The van der Waals surface area contributed by atoms with Gasteiger partial charge in [-0.1, -0.05) is 6.92 Å². The molecule has 2 rings (SSSR count). The summed E-state index contributed by atoms with van der Waals surface area (Å²) in [5, 5.41) is 6.26. The molecular formula is C12H16N3O. The second kappa shape index (κ2) is 5.07. The molecule has 1 amide bonds. The first kappa shape index (κ1) is 11.1. The first-order chi connectivity index (χ1) is 7.75. The standard InChI is InChI=1S/C12H16N3O/c1-9-6-11(8-14-7-9)15-12(16)10-2-4-13-5-3-10/h2-6,9,11,14H,7-8H2,1H3,(H,15,16). The van der Waals surface area contributed by atoms with Gasteiger partial charge in [0.1, 0.15) is 0 Å². The van der Waals surface area contributed by atoms with Crippen LogP contribution in [0.1, 0.15) is 17.3 Å². The third-order valence-corrected chi connectivity index (χ3v) is 2.65. The highest BCUT2D eigenvalue weighted by Crippen LogP contribution is 2.08. The van der Waals surface area contributed by atoms with Crippen LogP contribution in [0.4, 0.5) is 0 Å². The van der Waals surface area contributed by atoms with Crippen LogP contribution in [0, 0.1) is 12.3 Å². The van der Waals surface area contributed by atoms with Crippen LogP contribution in [0.25, 0.3) is 0 Å². The maximum atomic E-state index is 11.8. The minimum atomic E-state index is -0.0421. The third kappa shape index (κ3) is 2.79. The predicted octanol–water partition coefficient (Wildman–Crippen LogP) is 0.624. The van der Waals surface area contributed by atoms with E-state index in [1.165, 1.54) is 0 Å². The highest BCUT2D eigenvalue weighted by molar-refractivity contribution is 5.94. The molecule has 4 heteroatoms. The molecule has 1 aromatic rings. The highest BCUT2D eigenvalue weighted by atomic mass is 16.1. The molecule has 85 valence electrons. The molecule has 2 unspecified atom stereocenters. The molecule has 4 nitrogen and oxygen atoms in total. The number of nitrogens with zero attached hydrogens (tertiary/aromatic N) is 1. The van der Waals surface area contributed by atoms with Crippen molar-refractivity contribution in [2.45, 2.75) is 13.0 Å². The number of piperidine rings is 1. The van der Waals surface area contributed by atoms with Crippen molar-refractivity contribution >= 4 is 5.91 Å². The van der Waals surface area contributed by atoms with Crippen molar-refractivity contribution in [2.24, 2.45) is 5.92 Å². The van der Waals surface area contributed by atoms with E-state index in [-0.39, 0.29) is 11.9 Å². The van der Waals surface area contributed by atoms with Gasteiger partial charge in [0.05, 0.1) is 0 Å². The number of hydrogen-bond acceptors (Lipinski definition) is 3. The zero-order valence-corrected chi connectivity index (χ0v) is 9.31. The molecule has 16 heavy (non-hydrogen) atoms. The number of nitrogens with one attached hydrogen (secondary N) is 2. The Morgan fingerprint density at radius 1 is 1.44 bits per heavy atom. The summed E-state index contributed by atoms with van der Waals surface area (Å²) in [4.78, 5) is 15.7. The fraction of sp³-hybridized carbons (Fsp3) is 0.417. The van der Waals surface area contributed by atoms with Gasteiger partial charge in [0.25, 0.3) is 5.91 Å². The Kier molecular flexibility index (Phi) is 3.51. The lowest BCUT2D eigenvalue weighted by Gasteiger charge is -2.28. The van der Waals surface area contributed by atoms with E-state index in [1.807, 2.05) is 0 Å². The summed E-state index contributed by atoms with van der Waals surface area (Å²) < 4.78 is 0. The van der Waals surface area contributed by atoms with E-state index in [0.29, 0.717) is 11.5 Å². The maximum absolute atomic E-state index is 11.8. The molecule has 1 fully saturated rings. The zero-order valence-electron chi connectivity index (χ0n) is 9.31. The van der Waals surface area contributed by atoms with Gasteiger partial charge in [-0.25, -0.2) is 0 Å². The van der Waals surface area contributed by atoms with E-state index >= 15 is 0 Å². The molecule has 0 aliphatic carbocycles. The van der Waals surface area contributed by atoms with Crippen molar-refractivity contribution in [3.8, 4) is 0 Å². The summed E-state index contributed by atoms with van der Waals surface area (Å²) in [6, 6.07) is 3.55. The lowest BCUT2D eigenvalue weighted by Crippen LogP contribution is -2.48. The monoisotopic (exact) mass is 218 g/mol. The van der Waals surface area contributed by atoms with Gasteiger partial charge in [-0.2, -0.15) is 0 Å². The van der Waals surface area contributed by atoms with Crippen LogP contribution in [0.15, 0.2) is 24.5 Å². The van der Waals surface area contributed by atoms with Crippen molar-refractivity contribution in [3.63, 3.8) is 0 Å². The maximum Gasteiger partial charge on any atom is 0.251 e. The highest BCUT2D eigenvalue weighted by Gasteiger charge is 2.20. The summed E-state index contributed by atoms with van der Waals surface area (Å²) in [5.41, 5.74) is 0.654. The smallest absolute Gasteiger partial charge is 0.251 e. The van der Waals surface area contributed by atoms with E-state index in [0.717, 1.165) is 13.1 Å². The van der Waals surface area contributed by atoms with E-state index in [4.69, 9.17) is 0 Å². The average molecular weight is 218 g/mol. The second-order valence-corrected chi connectivity index (χ2v) is 4.14. The zero-order chi connectivity index (χ0) is 11.4. The van der Waals surface area contributed by atoms with Crippen LogP contribution in [-0.2, 0) is 0 Å². The first-order valence-electron chi connectivity index (χ1n) is 5.52. The lowest BCUT2D eigenvalue weighted by molar-refractivity contribution is 0.0937. The van der Waals surface area contributed by atoms with Gasteiger partial charge in [0.2, 0.25) is 0 Å². The van der Waals surface area contributed by atoms with Gasteiger partial charge in [0, 0.05) is 30.5 Å². The van der Waals surface area contributed by atoms with E-state index in [1.54, 1.807) is 24.5 Å². The van der Waals surface area contributed by atoms with Gasteiger partial charge in [-0.15, -0.1) is 0 Å². The molecule has 2 heterocycles. The lowest BCUT2D eigenvalue weighted by atomic mass is 9.97. The fourth-order valence-corrected chi connectivity index (χ4v) is 1.85. The van der Waals surface area contributed by atoms with Gasteiger partial charge < -0.3 is 10.6 Å². The summed E-state index contributed by atoms with van der Waals surface area (Å²) >= 11 is 0. The van der Waals surface area contributed by atoms with Crippen LogP contribution in [0.5, 0.6) is 0 Å². The molecule has 0 spiro atoms. The second-order valence-electron chi connectivity index (χ2n) is 4.14. The Hall–Kier alpha value is -1.42. The Labute approximate surface area is 95.5 Å². The SMILES string of the molecule is CC1[CH]C(NC(=O)c2ccncc2)CNC1. The molecule has 2 N–H and O–H groups in total. The quantitative estimate of drug-likeness (QED) is 0.765. The molecule has 1 aliphatic heterocycles. The van der Waals surface area contributed by atoms with Gasteiger partial charge in [-0.05, 0) is 31.0 Å². The van der Waals surface area contributed by atoms with Crippen LogP contribution in [0.3, 0.4) is 0 Å². The normalized spacial score (nSPS) is 25.1. The van der Waals surface area contributed by atoms with Gasteiger partial charge in [0.15, 0.2) is 0 Å². The number of carbonyl (C=O) groups excluding carboxylic acids is 1. The van der Waals surface area contributed by atoms with Crippen molar-refractivity contribution < 1.29 is 4.79 Å². The first-order valence-corrected chi connectivity index (χ1v) is 5.52. The largest absolute Gasteiger partial charge is 0.348 e. The summed E-state index contributed by atoms with van der Waals surface area (Å²) in [6.45, 7) is 3.93. The summed E-state index contributed by atoms with van der Waals surface area (Å²) in [6.07, 6.45) is 5.43. The molecule has 2 atom stereocenters. The Bertz CT molecular complexity index is 353. The Morgan fingerprint density at radius 2 is 2.19 bits per heavy atom. The minimum Gasteiger partial charge on any atom is -0.348 e. The van der Waals surface area contributed by atoms with Gasteiger partial charge in [-0.3, -0.25) is 9.78 Å². The third-order valence-electron chi connectivity index (χ3n) is 2.65. The molecular weight excluding hydrogens is 202 g/mol. The molecule has 1 radical (unpaired) electrons. The van der Waals surface area contributed by atoms with Gasteiger partial charge >= 0.3 is 0 Å². The molecule has 1 aromatic heterocycles. The number of pyridine rings is 1. The van der Waals surface area contributed by atoms with Crippen molar-refractivity contribution in [3.05, 3.63) is 36.5 Å². The molecule has 1 aliphatic rings. The topological polar surface area (TPSA) is 54.0 Å². The molecule has 0 bridgehead atoms. The van der Waals surface area contributed by atoms with Crippen molar-refractivity contribution in [1.29, 1.82) is 0 Å². The van der Waals surface area contributed by atoms with Crippen LogP contribution in [0.2, 0.25) is 0 Å². The molecule has 1 saturated heterocycles. The number of hydrogen-bond donors (Lipinski definition) is 2. The van der Waals surface area contributed by atoms with E-state index < -0.39 is 0 Å². The van der Waals surface area contributed by atoms with E-state index in [2.05, 4.69) is 29.0 Å². The Balaban J connectivity index is 1.92. The van der Waals surface area contributed by atoms with Crippen LogP contribution >= 0.6 is 0 Å². The number of rotatable bonds is 2. The number of amides is 1. The average Bonchev–Trinajstić information content (AvgIpc) is 2.30. The molecule has 0 aromatic carbocycles. The Morgan fingerprint density at radius 3 is 2.88 bits per heavy atom.